The van der Waals surface area contributed by atoms with Crippen LogP contribution < -0.4 is 19.5 Å². The van der Waals surface area contributed by atoms with Crippen LogP contribution in [0.1, 0.15) is 49.4 Å². The van der Waals surface area contributed by atoms with Gasteiger partial charge in [0.1, 0.15) is 23.9 Å². The predicted octanol–water partition coefficient (Wildman–Crippen LogP) is 9.14. The molecule has 0 heterocycles. The summed E-state index contributed by atoms with van der Waals surface area (Å²) in [7, 11) is 1.68. The van der Waals surface area contributed by atoms with Gasteiger partial charge < -0.3 is 19.5 Å². The van der Waals surface area contributed by atoms with Crippen molar-refractivity contribution in [2.45, 2.75) is 45.8 Å². The molecule has 1 atom stereocenters. The highest BCUT2D eigenvalue weighted by Crippen LogP contribution is 2.30. The van der Waals surface area contributed by atoms with E-state index < -0.39 is 0 Å². The number of ether oxygens (including phenoxy) is 3. The van der Waals surface area contributed by atoms with Crippen molar-refractivity contribution >= 4 is 17.3 Å². The highest BCUT2D eigenvalue weighted by atomic mass is 35.5. The lowest BCUT2D eigenvalue weighted by molar-refractivity contribution is 0.289. The lowest BCUT2D eigenvalue weighted by Gasteiger charge is -2.22. The Hall–Kier alpha value is -3.63. The summed E-state index contributed by atoms with van der Waals surface area (Å²) in [6, 6.07) is 32.6. The first kappa shape index (κ1) is 28.4. The van der Waals surface area contributed by atoms with E-state index in [-0.39, 0.29) is 6.04 Å². The number of hydrogen-bond acceptors (Lipinski definition) is 4. The number of benzene rings is 4. The number of anilines is 1. The van der Waals surface area contributed by atoms with Gasteiger partial charge in [0.2, 0.25) is 0 Å². The van der Waals surface area contributed by atoms with Crippen LogP contribution in [0.15, 0.2) is 97.1 Å². The molecule has 0 bridgehead atoms. The first-order valence-electron chi connectivity index (χ1n) is 13.6. The zero-order valence-electron chi connectivity index (χ0n) is 23.0. The SMILES string of the molecule is COc1ccc(Cl)c(CCC(Nc2ccc(OCc3ccccc3)cc2)c2ccc(OCCC(C)C)cc2)c1. The highest BCUT2D eigenvalue weighted by molar-refractivity contribution is 6.31. The summed E-state index contributed by atoms with van der Waals surface area (Å²) < 4.78 is 17.3. The van der Waals surface area contributed by atoms with Crippen molar-refractivity contribution in [2.75, 3.05) is 19.0 Å². The normalized spacial score (nSPS) is 11.7. The minimum absolute atomic E-state index is 0.0769. The summed E-state index contributed by atoms with van der Waals surface area (Å²) in [5.41, 5.74) is 4.43. The third-order valence-electron chi connectivity index (χ3n) is 6.65. The van der Waals surface area contributed by atoms with E-state index in [1.54, 1.807) is 7.11 Å². The molecular formula is C34H38ClNO3. The van der Waals surface area contributed by atoms with Crippen LogP contribution in [0.5, 0.6) is 17.2 Å². The topological polar surface area (TPSA) is 39.7 Å². The van der Waals surface area contributed by atoms with Gasteiger partial charge in [0.25, 0.3) is 0 Å². The van der Waals surface area contributed by atoms with Gasteiger partial charge in [0.05, 0.1) is 19.8 Å². The van der Waals surface area contributed by atoms with Crippen LogP contribution in [-0.2, 0) is 13.0 Å². The largest absolute Gasteiger partial charge is 0.497 e. The van der Waals surface area contributed by atoms with E-state index in [1.165, 1.54) is 5.56 Å². The van der Waals surface area contributed by atoms with Crippen molar-refractivity contribution in [1.29, 1.82) is 0 Å². The van der Waals surface area contributed by atoms with Gasteiger partial charge in [-0.25, -0.2) is 0 Å². The molecule has 4 rings (SSSR count). The minimum atomic E-state index is 0.0769. The van der Waals surface area contributed by atoms with Crippen LogP contribution >= 0.6 is 11.6 Å². The molecule has 0 aromatic heterocycles. The molecule has 4 aromatic rings. The monoisotopic (exact) mass is 543 g/mol. The molecule has 1 N–H and O–H groups in total. The molecule has 4 aromatic carbocycles. The summed E-state index contributed by atoms with van der Waals surface area (Å²) >= 11 is 6.52. The van der Waals surface area contributed by atoms with Gasteiger partial charge >= 0.3 is 0 Å². The van der Waals surface area contributed by atoms with Crippen molar-refractivity contribution in [3.05, 3.63) is 119 Å². The van der Waals surface area contributed by atoms with E-state index in [0.29, 0.717) is 12.5 Å². The second-order valence-electron chi connectivity index (χ2n) is 10.1. The lowest BCUT2D eigenvalue weighted by Crippen LogP contribution is -2.12. The number of nitrogens with one attached hydrogen (secondary N) is 1. The van der Waals surface area contributed by atoms with Gasteiger partial charge in [0, 0.05) is 10.7 Å². The zero-order chi connectivity index (χ0) is 27.5. The molecule has 4 nitrogen and oxygen atoms in total. The maximum Gasteiger partial charge on any atom is 0.119 e. The molecule has 204 valence electrons. The Balaban J connectivity index is 1.45. The van der Waals surface area contributed by atoms with Gasteiger partial charge in [-0.05, 0) is 96.5 Å². The molecule has 0 aliphatic carbocycles. The fraction of sp³-hybridized carbons (Fsp3) is 0.294. The van der Waals surface area contributed by atoms with Crippen molar-refractivity contribution in [3.63, 3.8) is 0 Å². The summed E-state index contributed by atoms with van der Waals surface area (Å²) in [5.74, 6) is 3.17. The molecule has 0 aliphatic heterocycles. The molecular weight excluding hydrogens is 506 g/mol. The standard InChI is InChI=1S/C34H38ClNO3/c1-25(2)21-22-38-30-14-9-27(10-15-30)34(20-11-28-23-32(37-3)18-19-33(28)35)36-29-12-16-31(17-13-29)39-24-26-7-5-4-6-8-26/h4-10,12-19,23,25,34,36H,11,20-22,24H2,1-3H3. The Bertz CT molecular complexity index is 1270. The van der Waals surface area contributed by atoms with Crippen LogP contribution in [0.25, 0.3) is 0 Å². The van der Waals surface area contributed by atoms with Crippen molar-refractivity contribution in [2.24, 2.45) is 5.92 Å². The van der Waals surface area contributed by atoms with Gasteiger partial charge in [-0.15, -0.1) is 0 Å². The van der Waals surface area contributed by atoms with Crippen LogP contribution in [0.4, 0.5) is 5.69 Å². The summed E-state index contributed by atoms with van der Waals surface area (Å²) in [4.78, 5) is 0. The Labute approximate surface area is 237 Å². The minimum Gasteiger partial charge on any atom is -0.497 e. The fourth-order valence-electron chi connectivity index (χ4n) is 4.29. The molecule has 0 amide bonds. The van der Waals surface area contributed by atoms with Gasteiger partial charge in [0.15, 0.2) is 0 Å². The molecule has 0 saturated carbocycles. The van der Waals surface area contributed by atoms with E-state index >= 15 is 0 Å². The molecule has 5 heteroatoms. The van der Waals surface area contributed by atoms with E-state index in [1.807, 2.05) is 48.5 Å². The second kappa shape index (κ2) is 14.5. The second-order valence-corrected chi connectivity index (χ2v) is 10.5. The third kappa shape index (κ3) is 8.97. The van der Waals surface area contributed by atoms with Gasteiger partial charge in [-0.1, -0.05) is 67.9 Å². The highest BCUT2D eigenvalue weighted by Gasteiger charge is 2.14. The summed E-state index contributed by atoms with van der Waals surface area (Å²) in [6.45, 7) is 5.69. The van der Waals surface area contributed by atoms with Crippen molar-refractivity contribution in [3.8, 4) is 17.2 Å². The van der Waals surface area contributed by atoms with E-state index in [0.717, 1.165) is 65.0 Å². The maximum absolute atomic E-state index is 6.52. The van der Waals surface area contributed by atoms with Crippen molar-refractivity contribution in [1.82, 2.24) is 0 Å². The van der Waals surface area contributed by atoms with Crippen molar-refractivity contribution < 1.29 is 14.2 Å². The predicted molar refractivity (Wildman–Crippen MR) is 161 cm³/mol. The van der Waals surface area contributed by atoms with Crippen LogP contribution in [0.3, 0.4) is 0 Å². The smallest absolute Gasteiger partial charge is 0.119 e. The van der Waals surface area contributed by atoms with E-state index in [4.69, 9.17) is 25.8 Å². The van der Waals surface area contributed by atoms with Crippen LogP contribution in [0, 0.1) is 5.92 Å². The maximum atomic E-state index is 6.52. The zero-order valence-corrected chi connectivity index (χ0v) is 23.8. The number of hydrogen-bond donors (Lipinski definition) is 1. The fourth-order valence-corrected chi connectivity index (χ4v) is 4.50. The number of rotatable bonds is 14. The molecule has 0 saturated heterocycles. The molecule has 0 spiro atoms. The quantitative estimate of drug-likeness (QED) is 0.172. The summed E-state index contributed by atoms with van der Waals surface area (Å²) in [6.07, 6.45) is 2.70. The molecule has 1 unspecified atom stereocenters. The first-order valence-corrected chi connectivity index (χ1v) is 14.0. The Kier molecular flexibility index (Phi) is 10.6. The first-order chi connectivity index (χ1) is 19.0. The molecule has 0 radical (unpaired) electrons. The number of halogens is 1. The average Bonchev–Trinajstić information content (AvgIpc) is 2.96. The lowest BCUT2D eigenvalue weighted by atomic mass is 9.98. The van der Waals surface area contributed by atoms with E-state index in [2.05, 4.69) is 67.7 Å². The van der Waals surface area contributed by atoms with Gasteiger partial charge in [-0.3, -0.25) is 0 Å². The van der Waals surface area contributed by atoms with E-state index in [9.17, 15) is 0 Å². The average molecular weight is 544 g/mol. The third-order valence-corrected chi connectivity index (χ3v) is 7.01. The Morgan fingerprint density at radius 3 is 2.10 bits per heavy atom. The number of methoxy groups -OCH3 is 1. The van der Waals surface area contributed by atoms with Crippen LogP contribution in [-0.4, -0.2) is 13.7 Å². The Morgan fingerprint density at radius 2 is 1.41 bits per heavy atom. The Morgan fingerprint density at radius 1 is 0.744 bits per heavy atom. The summed E-state index contributed by atoms with van der Waals surface area (Å²) in [5, 5.41) is 4.47. The molecule has 0 fully saturated rings. The number of aryl methyl sites for hydroxylation is 1. The van der Waals surface area contributed by atoms with Gasteiger partial charge in [-0.2, -0.15) is 0 Å². The van der Waals surface area contributed by atoms with Crippen LogP contribution in [0.2, 0.25) is 5.02 Å². The molecule has 0 aliphatic rings. The molecule has 39 heavy (non-hydrogen) atoms.